The van der Waals surface area contributed by atoms with Crippen LogP contribution in [0.15, 0.2) is 91.4 Å². The number of nitrogens with zero attached hydrogens (tertiary/aromatic N) is 6. The topological polar surface area (TPSA) is 208 Å². The van der Waals surface area contributed by atoms with Crippen molar-refractivity contribution in [3.63, 3.8) is 0 Å². The molecule has 284 valence electrons. The summed E-state index contributed by atoms with van der Waals surface area (Å²) in [6, 6.07) is 24.6. The zero-order valence-corrected chi connectivity index (χ0v) is 30.5. The number of imidazole rings is 1. The predicted molar refractivity (Wildman–Crippen MR) is 208 cm³/mol. The van der Waals surface area contributed by atoms with Crippen molar-refractivity contribution in [3.8, 4) is 0 Å². The van der Waals surface area contributed by atoms with Gasteiger partial charge in [-0.05, 0) is 42.5 Å². The summed E-state index contributed by atoms with van der Waals surface area (Å²) in [7, 11) is 0. The van der Waals surface area contributed by atoms with Crippen molar-refractivity contribution in [1.82, 2.24) is 40.5 Å². The van der Waals surface area contributed by atoms with Crippen molar-refractivity contribution in [3.05, 3.63) is 108 Å². The summed E-state index contributed by atoms with van der Waals surface area (Å²) in [4.78, 5) is 46.6. The summed E-state index contributed by atoms with van der Waals surface area (Å²) >= 11 is 0. The number of hydrogen-bond acceptors (Lipinski definition) is 11. The van der Waals surface area contributed by atoms with Crippen LogP contribution in [-0.2, 0) is 0 Å². The first-order valence-corrected chi connectivity index (χ1v) is 18.0. The highest BCUT2D eigenvalue weighted by Crippen LogP contribution is 2.34. The monoisotopic (exact) mass is 755 g/mol. The highest BCUT2D eigenvalue weighted by Gasteiger charge is 2.41. The SMILES string of the molecule is Cl.N[C@H]1C[C@@H](n2cnc3c(NCC(c4ccccc4)c4ccccc4)nc(C(=O)NCCNC(=O)NC4CCN(c5ccccn5)CC4)nc32)[C@H](O)[C@@H]1O. The number of pyridine rings is 1. The molecule has 1 aliphatic heterocycles. The fourth-order valence-electron chi connectivity index (χ4n) is 7.16. The smallest absolute Gasteiger partial charge is 0.315 e. The predicted octanol–water partition coefficient (Wildman–Crippen LogP) is 2.58. The van der Waals surface area contributed by atoms with E-state index in [1.54, 1.807) is 10.8 Å². The molecule has 3 aromatic heterocycles. The number of carbonyl (C=O) groups is 2. The number of urea groups is 1. The van der Waals surface area contributed by atoms with E-state index < -0.39 is 30.2 Å². The Labute approximate surface area is 319 Å². The van der Waals surface area contributed by atoms with Gasteiger partial charge in [0.2, 0.25) is 5.82 Å². The molecule has 0 unspecified atom stereocenters. The van der Waals surface area contributed by atoms with E-state index in [1.807, 2.05) is 54.6 Å². The van der Waals surface area contributed by atoms with Gasteiger partial charge in [0.25, 0.3) is 5.91 Å². The van der Waals surface area contributed by atoms with E-state index in [0.29, 0.717) is 29.9 Å². The summed E-state index contributed by atoms with van der Waals surface area (Å²) in [5.41, 5.74) is 9.02. The number of fused-ring (bicyclic) bond motifs is 1. The molecule has 54 heavy (non-hydrogen) atoms. The highest BCUT2D eigenvalue weighted by molar-refractivity contribution is 5.94. The molecule has 4 heterocycles. The lowest BCUT2D eigenvalue weighted by molar-refractivity contribution is 0.0187. The van der Waals surface area contributed by atoms with Gasteiger partial charge in [-0.25, -0.2) is 24.7 Å². The quantitative estimate of drug-likeness (QED) is 0.0921. The average Bonchev–Trinajstić information content (AvgIpc) is 3.73. The number of piperidine rings is 1. The summed E-state index contributed by atoms with van der Waals surface area (Å²) < 4.78 is 1.65. The van der Waals surface area contributed by atoms with E-state index in [9.17, 15) is 19.8 Å². The Bertz CT molecular complexity index is 1940. The fraction of sp³-hybridized carbons (Fsp3) is 0.368. The zero-order chi connectivity index (χ0) is 36.7. The number of nitrogens with two attached hydrogens (primary N) is 1. The first-order chi connectivity index (χ1) is 25.9. The van der Waals surface area contributed by atoms with Gasteiger partial charge >= 0.3 is 6.03 Å². The number of amides is 3. The molecule has 0 bridgehead atoms. The number of aliphatic hydroxyl groups excluding tert-OH is 2. The van der Waals surface area contributed by atoms with E-state index in [2.05, 4.69) is 70.4 Å². The molecule has 1 saturated heterocycles. The summed E-state index contributed by atoms with van der Waals surface area (Å²) in [5.74, 6) is 0.582. The molecule has 5 aromatic rings. The van der Waals surface area contributed by atoms with Crippen molar-refractivity contribution in [2.75, 3.05) is 42.9 Å². The maximum absolute atomic E-state index is 13.5. The van der Waals surface area contributed by atoms with Crippen LogP contribution in [0.3, 0.4) is 0 Å². The minimum absolute atomic E-state index is 0. The molecule has 1 saturated carbocycles. The molecule has 0 radical (unpaired) electrons. The second-order valence-electron chi connectivity index (χ2n) is 13.5. The number of aromatic nitrogens is 5. The van der Waals surface area contributed by atoms with Crippen LogP contribution in [0.4, 0.5) is 16.4 Å². The van der Waals surface area contributed by atoms with Crippen LogP contribution >= 0.6 is 12.4 Å². The molecule has 1 aliphatic carbocycles. The Morgan fingerprint density at radius 1 is 0.852 bits per heavy atom. The van der Waals surface area contributed by atoms with E-state index in [1.165, 1.54) is 6.33 Å². The number of hydrogen-bond donors (Lipinski definition) is 7. The third-order valence-electron chi connectivity index (χ3n) is 10.1. The average molecular weight is 756 g/mol. The van der Waals surface area contributed by atoms with Gasteiger partial charge in [-0.1, -0.05) is 66.7 Å². The van der Waals surface area contributed by atoms with Crippen molar-refractivity contribution < 1.29 is 19.8 Å². The normalized spacial score (nSPS) is 20.0. The highest BCUT2D eigenvalue weighted by atomic mass is 35.5. The molecule has 2 aliphatic rings. The molecular formula is C38H46ClN11O4. The Hall–Kier alpha value is -5.35. The van der Waals surface area contributed by atoms with Crippen LogP contribution in [-0.4, -0.2) is 104 Å². The number of rotatable bonds is 12. The number of halogens is 1. The minimum Gasteiger partial charge on any atom is -0.389 e. The van der Waals surface area contributed by atoms with E-state index in [0.717, 1.165) is 42.9 Å². The number of anilines is 2. The molecular weight excluding hydrogens is 710 g/mol. The van der Waals surface area contributed by atoms with Crippen molar-refractivity contribution in [1.29, 1.82) is 0 Å². The maximum Gasteiger partial charge on any atom is 0.315 e. The fourth-order valence-corrected chi connectivity index (χ4v) is 7.16. The van der Waals surface area contributed by atoms with Gasteiger partial charge < -0.3 is 46.7 Å². The molecule has 3 amide bonds. The standard InChI is InChI=1S/C38H45N11O4.ClH/c39-28-21-29(33(51)32(28)50)49-23-44-31-34(43-22-27(24-9-3-1-4-10-24)25-11-5-2-6-12-25)46-35(47-36(31)49)37(52)41-17-18-42-38(53)45-26-14-19-48(20-15-26)30-13-7-8-16-40-30;/h1-13,16,23,26-29,32-33,50-51H,14-15,17-22,39H2,(H,41,52)(H2,42,45,53)(H,43,46,47);1H/t28-,29+,32+,33-;/m0./s1. The molecule has 15 nitrogen and oxygen atoms in total. The van der Waals surface area contributed by atoms with E-state index in [-0.39, 0.29) is 49.3 Å². The second kappa shape index (κ2) is 17.6. The number of benzene rings is 2. The van der Waals surface area contributed by atoms with Crippen molar-refractivity contribution in [2.24, 2.45) is 5.73 Å². The second-order valence-corrected chi connectivity index (χ2v) is 13.5. The molecule has 7 rings (SSSR count). The molecule has 2 fully saturated rings. The number of carbonyl (C=O) groups excluding carboxylic acids is 2. The lowest BCUT2D eigenvalue weighted by Gasteiger charge is -2.33. The largest absolute Gasteiger partial charge is 0.389 e. The van der Waals surface area contributed by atoms with Crippen LogP contribution in [0, 0.1) is 0 Å². The molecule has 8 N–H and O–H groups in total. The Balaban J connectivity index is 0.00000497. The van der Waals surface area contributed by atoms with Gasteiger partial charge in [0.1, 0.15) is 17.4 Å². The van der Waals surface area contributed by atoms with Crippen LogP contribution in [0.25, 0.3) is 11.2 Å². The Morgan fingerprint density at radius 3 is 2.15 bits per heavy atom. The maximum atomic E-state index is 13.5. The van der Waals surface area contributed by atoms with Crippen LogP contribution < -0.4 is 31.9 Å². The zero-order valence-electron chi connectivity index (χ0n) is 29.7. The van der Waals surface area contributed by atoms with E-state index in [4.69, 9.17) is 5.73 Å². The van der Waals surface area contributed by atoms with Gasteiger partial charge in [-0.2, -0.15) is 0 Å². The molecule has 2 aromatic carbocycles. The van der Waals surface area contributed by atoms with Gasteiger partial charge in [-0.3, -0.25) is 4.79 Å². The van der Waals surface area contributed by atoms with Gasteiger partial charge in [-0.15, -0.1) is 12.4 Å². The van der Waals surface area contributed by atoms with Crippen LogP contribution in [0.2, 0.25) is 0 Å². The van der Waals surface area contributed by atoms with Gasteiger partial charge in [0.15, 0.2) is 11.5 Å². The lowest BCUT2D eigenvalue weighted by Crippen LogP contribution is -2.49. The molecule has 4 atom stereocenters. The summed E-state index contributed by atoms with van der Waals surface area (Å²) in [5, 5.41) is 33.3. The van der Waals surface area contributed by atoms with Crippen molar-refractivity contribution >= 4 is 47.1 Å². The third kappa shape index (κ3) is 8.71. The van der Waals surface area contributed by atoms with E-state index >= 15 is 0 Å². The third-order valence-corrected chi connectivity index (χ3v) is 10.1. The minimum atomic E-state index is -1.14. The summed E-state index contributed by atoms with van der Waals surface area (Å²) in [6.45, 7) is 2.36. The lowest BCUT2D eigenvalue weighted by atomic mass is 9.91. The van der Waals surface area contributed by atoms with Gasteiger partial charge in [0.05, 0.1) is 18.5 Å². The summed E-state index contributed by atoms with van der Waals surface area (Å²) in [6.07, 6.45) is 2.95. The van der Waals surface area contributed by atoms with Crippen molar-refractivity contribution in [2.45, 2.75) is 55.5 Å². The van der Waals surface area contributed by atoms with Gasteiger partial charge in [0, 0.05) is 56.9 Å². The van der Waals surface area contributed by atoms with Crippen LogP contribution in [0.1, 0.15) is 53.0 Å². The molecule has 0 spiro atoms. The number of aliphatic hydroxyl groups is 2. The first-order valence-electron chi connectivity index (χ1n) is 18.0. The van der Waals surface area contributed by atoms with Crippen LogP contribution in [0.5, 0.6) is 0 Å². The molecule has 16 heteroatoms. The number of nitrogens with one attached hydrogen (secondary N) is 4. The Morgan fingerprint density at radius 2 is 1.52 bits per heavy atom. The first kappa shape index (κ1) is 38.4. The Kier molecular flexibility index (Phi) is 12.5.